The Bertz CT molecular complexity index is 880. The molecule has 0 saturated heterocycles. The minimum Gasteiger partial charge on any atom is -0.497 e. The summed E-state index contributed by atoms with van der Waals surface area (Å²) in [5.41, 5.74) is 4.66. The highest BCUT2D eigenvalue weighted by Gasteiger charge is 2.10. The topological polar surface area (TPSA) is 52.0 Å². The van der Waals surface area contributed by atoms with Crippen LogP contribution in [0.1, 0.15) is 17.5 Å². The second-order valence-electron chi connectivity index (χ2n) is 5.97. The lowest BCUT2D eigenvalue weighted by Crippen LogP contribution is -2.20. The summed E-state index contributed by atoms with van der Waals surface area (Å²) in [4.78, 5) is 4.66. The fourth-order valence-corrected chi connectivity index (χ4v) is 3.05. The molecule has 4 rings (SSSR count). The molecule has 5 heteroatoms. The molecule has 1 aromatic carbocycles. The highest BCUT2D eigenvalue weighted by Crippen LogP contribution is 2.23. The van der Waals surface area contributed by atoms with Crippen LogP contribution in [0.2, 0.25) is 0 Å². The second kappa shape index (κ2) is 6.45. The Labute approximate surface area is 141 Å². The minimum atomic E-state index is 0.701. The van der Waals surface area contributed by atoms with Gasteiger partial charge in [0.25, 0.3) is 0 Å². The Hall–Kier alpha value is -2.66. The van der Waals surface area contributed by atoms with Gasteiger partial charge in [-0.1, -0.05) is 18.2 Å². The number of nitrogens with zero attached hydrogens (tertiary/aromatic N) is 3. The van der Waals surface area contributed by atoms with Gasteiger partial charge >= 0.3 is 0 Å². The quantitative estimate of drug-likeness (QED) is 0.803. The zero-order valence-electron chi connectivity index (χ0n) is 13.7. The Balaban J connectivity index is 1.61. The lowest BCUT2D eigenvalue weighted by atomic mass is 10.0. The molecule has 0 amide bonds. The Morgan fingerprint density at radius 2 is 2.08 bits per heavy atom. The fourth-order valence-electron chi connectivity index (χ4n) is 3.05. The third-order valence-corrected chi connectivity index (χ3v) is 4.40. The van der Waals surface area contributed by atoms with Crippen LogP contribution >= 0.6 is 0 Å². The molecule has 5 nitrogen and oxygen atoms in total. The summed E-state index contributed by atoms with van der Waals surface area (Å²) in [6.45, 7) is 2.66. The molecule has 3 aromatic rings. The van der Waals surface area contributed by atoms with E-state index in [-0.39, 0.29) is 0 Å². The average molecular weight is 320 g/mol. The van der Waals surface area contributed by atoms with Gasteiger partial charge in [0, 0.05) is 18.1 Å². The van der Waals surface area contributed by atoms with Crippen molar-refractivity contribution >= 4 is 16.6 Å². The van der Waals surface area contributed by atoms with Crippen molar-refractivity contribution in [2.24, 2.45) is 0 Å². The number of ether oxygens (including phenoxy) is 1. The van der Waals surface area contributed by atoms with Gasteiger partial charge in [-0.25, -0.2) is 9.67 Å². The largest absolute Gasteiger partial charge is 0.497 e. The summed E-state index contributed by atoms with van der Waals surface area (Å²) < 4.78 is 7.14. The van der Waals surface area contributed by atoms with E-state index in [2.05, 4.69) is 39.7 Å². The van der Waals surface area contributed by atoms with Crippen molar-refractivity contribution in [1.82, 2.24) is 20.1 Å². The molecule has 0 bridgehead atoms. The number of nitrogens with one attached hydrogen (secondary N) is 1. The third kappa shape index (κ3) is 2.90. The van der Waals surface area contributed by atoms with E-state index >= 15 is 0 Å². The molecule has 122 valence electrons. The molecule has 0 unspecified atom stereocenters. The summed E-state index contributed by atoms with van der Waals surface area (Å²) >= 11 is 0. The molecule has 1 aliphatic heterocycles. The van der Waals surface area contributed by atoms with Gasteiger partial charge < -0.3 is 10.1 Å². The predicted molar refractivity (Wildman–Crippen MR) is 95.1 cm³/mol. The highest BCUT2D eigenvalue weighted by molar-refractivity contribution is 5.80. The van der Waals surface area contributed by atoms with Gasteiger partial charge in [0.1, 0.15) is 5.75 Å². The maximum absolute atomic E-state index is 5.20. The van der Waals surface area contributed by atoms with Gasteiger partial charge in [-0.3, -0.25) is 0 Å². The smallest absolute Gasteiger partial charge is 0.158 e. The molecule has 2 aromatic heterocycles. The maximum Gasteiger partial charge on any atom is 0.158 e. The summed E-state index contributed by atoms with van der Waals surface area (Å²) in [6, 6.07) is 10.2. The summed E-state index contributed by atoms with van der Waals surface area (Å²) in [5.74, 6) is 0.863. The van der Waals surface area contributed by atoms with Gasteiger partial charge in [0.15, 0.2) is 5.65 Å². The standard InChI is InChI=1S/C19H20N4O/c1-24-18-4-2-14(3-5-18)13-23-19-17(12-22-23)10-16(11-21-19)15-6-8-20-9-7-15/h2-6,10-12,20H,7-9,13H2,1H3. The van der Waals surface area contributed by atoms with E-state index in [0.717, 1.165) is 36.3 Å². The summed E-state index contributed by atoms with van der Waals surface area (Å²) in [6.07, 6.45) is 7.16. The predicted octanol–water partition coefficient (Wildman–Crippen LogP) is 2.86. The zero-order valence-corrected chi connectivity index (χ0v) is 13.7. The number of hydrogen-bond donors (Lipinski definition) is 1. The van der Waals surface area contributed by atoms with Crippen LogP contribution < -0.4 is 10.1 Å². The van der Waals surface area contributed by atoms with Crippen molar-refractivity contribution in [3.05, 3.63) is 59.9 Å². The number of methoxy groups -OCH3 is 1. The molecule has 0 aliphatic carbocycles. The van der Waals surface area contributed by atoms with E-state index in [1.54, 1.807) is 7.11 Å². The van der Waals surface area contributed by atoms with Gasteiger partial charge in [-0.2, -0.15) is 5.10 Å². The van der Waals surface area contributed by atoms with E-state index in [1.807, 2.05) is 29.2 Å². The van der Waals surface area contributed by atoms with Crippen molar-refractivity contribution in [2.45, 2.75) is 13.0 Å². The lowest BCUT2D eigenvalue weighted by molar-refractivity contribution is 0.414. The molecule has 1 N–H and O–H groups in total. The molecular formula is C19H20N4O. The van der Waals surface area contributed by atoms with Crippen LogP contribution in [0.4, 0.5) is 0 Å². The summed E-state index contributed by atoms with van der Waals surface area (Å²) in [5, 5.41) is 8.93. The van der Waals surface area contributed by atoms with E-state index in [0.29, 0.717) is 6.54 Å². The number of rotatable bonds is 4. The second-order valence-corrected chi connectivity index (χ2v) is 5.97. The van der Waals surface area contributed by atoms with Gasteiger partial charge in [-0.05, 0) is 47.9 Å². The van der Waals surface area contributed by atoms with Crippen LogP contribution in [-0.2, 0) is 6.54 Å². The van der Waals surface area contributed by atoms with E-state index in [9.17, 15) is 0 Å². The molecule has 0 fully saturated rings. The molecular weight excluding hydrogens is 300 g/mol. The molecule has 1 aliphatic rings. The molecule has 24 heavy (non-hydrogen) atoms. The minimum absolute atomic E-state index is 0.701. The van der Waals surface area contributed by atoms with Gasteiger partial charge in [0.05, 0.1) is 19.9 Å². The first kappa shape index (κ1) is 14.9. The molecule has 0 spiro atoms. The fraction of sp³-hybridized carbons (Fsp3) is 0.263. The number of pyridine rings is 1. The van der Waals surface area contributed by atoms with E-state index in [4.69, 9.17) is 4.74 Å². The van der Waals surface area contributed by atoms with Gasteiger partial charge in [-0.15, -0.1) is 0 Å². The lowest BCUT2D eigenvalue weighted by Gasteiger charge is -2.14. The summed E-state index contributed by atoms with van der Waals surface area (Å²) in [7, 11) is 1.68. The molecule has 0 atom stereocenters. The molecule has 3 heterocycles. The number of benzene rings is 1. The van der Waals surface area contributed by atoms with Crippen LogP contribution in [-0.4, -0.2) is 35.0 Å². The Morgan fingerprint density at radius 1 is 1.21 bits per heavy atom. The van der Waals surface area contributed by atoms with Crippen LogP contribution in [0, 0.1) is 0 Å². The number of hydrogen-bond acceptors (Lipinski definition) is 4. The first-order valence-electron chi connectivity index (χ1n) is 8.18. The van der Waals surface area contributed by atoms with Crippen molar-refractivity contribution in [2.75, 3.05) is 20.2 Å². The van der Waals surface area contributed by atoms with Crippen LogP contribution in [0.15, 0.2) is 48.8 Å². The SMILES string of the molecule is COc1ccc(Cn2ncc3cc(C4=CCNCC4)cnc32)cc1. The van der Waals surface area contributed by atoms with Crippen molar-refractivity contribution < 1.29 is 4.74 Å². The third-order valence-electron chi connectivity index (χ3n) is 4.40. The maximum atomic E-state index is 5.20. The monoisotopic (exact) mass is 320 g/mol. The normalized spacial score (nSPS) is 14.6. The van der Waals surface area contributed by atoms with E-state index in [1.165, 1.54) is 16.7 Å². The zero-order chi connectivity index (χ0) is 16.4. The van der Waals surface area contributed by atoms with Crippen molar-refractivity contribution in [1.29, 1.82) is 0 Å². The first-order valence-corrected chi connectivity index (χ1v) is 8.18. The van der Waals surface area contributed by atoms with Crippen molar-refractivity contribution in [3.8, 4) is 5.75 Å². The number of fused-ring (bicyclic) bond motifs is 1. The van der Waals surface area contributed by atoms with Crippen LogP contribution in [0.3, 0.4) is 0 Å². The molecule has 0 radical (unpaired) electrons. The average Bonchev–Trinajstić information content (AvgIpc) is 3.05. The Kier molecular flexibility index (Phi) is 4.01. The Morgan fingerprint density at radius 3 is 2.83 bits per heavy atom. The van der Waals surface area contributed by atoms with Crippen LogP contribution in [0.25, 0.3) is 16.6 Å². The number of aromatic nitrogens is 3. The van der Waals surface area contributed by atoms with E-state index < -0.39 is 0 Å². The molecule has 0 saturated carbocycles. The highest BCUT2D eigenvalue weighted by atomic mass is 16.5. The van der Waals surface area contributed by atoms with Crippen molar-refractivity contribution in [3.63, 3.8) is 0 Å². The van der Waals surface area contributed by atoms with Crippen LogP contribution in [0.5, 0.6) is 5.75 Å². The van der Waals surface area contributed by atoms with Gasteiger partial charge in [0.2, 0.25) is 0 Å². The first-order chi connectivity index (χ1) is 11.8.